The molecule has 5 heteroatoms. The second-order valence-electron chi connectivity index (χ2n) is 8.10. The minimum atomic E-state index is -3.88. The van der Waals surface area contributed by atoms with Crippen LogP contribution in [0.1, 0.15) is 53.2 Å². The van der Waals surface area contributed by atoms with Gasteiger partial charge in [-0.15, -0.1) is 0 Å². The van der Waals surface area contributed by atoms with Crippen LogP contribution >= 0.6 is 7.37 Å². The van der Waals surface area contributed by atoms with Gasteiger partial charge in [0.25, 0.3) is 5.52 Å². The van der Waals surface area contributed by atoms with E-state index in [0.717, 1.165) is 23.1 Å². The number of aliphatic hydroxyl groups excluding tert-OH is 1. The standard InChI is InChI=1S/C23H29O4P/c1-15-10-11-21(20(24)14-15)27-28(26,19-8-6-5-7-9-19)23(25)22-17(3)12-16(2)13-18(22)4/h5-9,12-13,15,20-21,24H,10-11,14H2,1-4H3. The third-order valence-electron chi connectivity index (χ3n) is 5.56. The molecule has 0 bridgehead atoms. The van der Waals surface area contributed by atoms with Crippen LogP contribution < -0.4 is 5.30 Å². The normalized spacial score (nSPS) is 24.5. The van der Waals surface area contributed by atoms with E-state index in [1.807, 2.05) is 39.0 Å². The molecule has 0 heterocycles. The number of carbonyl (C=O) groups is 1. The summed E-state index contributed by atoms with van der Waals surface area (Å²) in [6, 6.07) is 12.5. The molecule has 0 amide bonds. The summed E-state index contributed by atoms with van der Waals surface area (Å²) in [7, 11) is -3.88. The van der Waals surface area contributed by atoms with Crippen molar-refractivity contribution >= 4 is 18.2 Å². The molecule has 2 aromatic rings. The Morgan fingerprint density at radius 3 is 2.25 bits per heavy atom. The third kappa shape index (κ3) is 4.15. The lowest BCUT2D eigenvalue weighted by Crippen LogP contribution is -2.36. The Morgan fingerprint density at radius 1 is 1.07 bits per heavy atom. The van der Waals surface area contributed by atoms with E-state index in [1.54, 1.807) is 24.3 Å². The van der Waals surface area contributed by atoms with Crippen LogP contribution in [0.25, 0.3) is 0 Å². The predicted octanol–water partition coefficient (Wildman–Crippen LogP) is 4.92. The zero-order chi connectivity index (χ0) is 20.5. The average molecular weight is 400 g/mol. The molecule has 150 valence electrons. The van der Waals surface area contributed by atoms with Crippen LogP contribution in [0.3, 0.4) is 0 Å². The molecule has 1 aliphatic carbocycles. The molecule has 1 fully saturated rings. The molecular weight excluding hydrogens is 371 g/mol. The molecule has 0 spiro atoms. The number of hydrogen-bond donors (Lipinski definition) is 1. The molecule has 3 rings (SSSR count). The van der Waals surface area contributed by atoms with Crippen molar-refractivity contribution < 1.29 is 19.0 Å². The van der Waals surface area contributed by atoms with Crippen molar-refractivity contribution in [3.8, 4) is 0 Å². The second-order valence-corrected chi connectivity index (χ2v) is 10.3. The number of aliphatic hydroxyl groups is 1. The topological polar surface area (TPSA) is 63.6 Å². The Kier molecular flexibility index (Phi) is 6.24. The molecule has 0 aromatic heterocycles. The average Bonchev–Trinajstić information content (AvgIpc) is 2.63. The zero-order valence-electron chi connectivity index (χ0n) is 17.0. The highest BCUT2D eigenvalue weighted by Gasteiger charge is 2.42. The molecule has 0 saturated heterocycles. The van der Waals surface area contributed by atoms with Crippen molar-refractivity contribution in [3.63, 3.8) is 0 Å². The maximum Gasteiger partial charge on any atom is 0.301 e. The first-order valence-electron chi connectivity index (χ1n) is 9.87. The van der Waals surface area contributed by atoms with E-state index in [2.05, 4.69) is 6.92 Å². The van der Waals surface area contributed by atoms with Crippen molar-refractivity contribution in [2.75, 3.05) is 0 Å². The monoisotopic (exact) mass is 400 g/mol. The van der Waals surface area contributed by atoms with Gasteiger partial charge in [0.15, 0.2) is 0 Å². The fourth-order valence-corrected chi connectivity index (χ4v) is 6.44. The summed E-state index contributed by atoms with van der Waals surface area (Å²) in [5.74, 6) is 0.392. The largest absolute Gasteiger partial charge is 0.390 e. The minimum Gasteiger partial charge on any atom is -0.390 e. The Hall–Kier alpha value is -1.74. The van der Waals surface area contributed by atoms with Gasteiger partial charge in [-0.1, -0.05) is 42.8 Å². The van der Waals surface area contributed by atoms with Crippen LogP contribution in [0.15, 0.2) is 42.5 Å². The van der Waals surface area contributed by atoms with E-state index >= 15 is 0 Å². The fraction of sp³-hybridized carbons (Fsp3) is 0.435. The summed E-state index contributed by atoms with van der Waals surface area (Å²) < 4.78 is 20.2. The molecule has 2 aromatic carbocycles. The summed E-state index contributed by atoms with van der Waals surface area (Å²) in [5, 5.41) is 10.9. The van der Waals surface area contributed by atoms with Crippen LogP contribution in [0, 0.1) is 26.7 Å². The number of aryl methyl sites for hydroxylation is 3. The summed E-state index contributed by atoms with van der Waals surface area (Å²) >= 11 is 0. The van der Waals surface area contributed by atoms with Crippen LogP contribution in [0.5, 0.6) is 0 Å². The van der Waals surface area contributed by atoms with Gasteiger partial charge in [0, 0.05) is 10.9 Å². The zero-order valence-corrected chi connectivity index (χ0v) is 17.9. The third-order valence-corrected chi connectivity index (χ3v) is 7.86. The summed E-state index contributed by atoms with van der Waals surface area (Å²) in [6.07, 6.45) is 0.757. The first-order valence-corrected chi connectivity index (χ1v) is 11.5. The molecule has 4 atom stereocenters. The van der Waals surface area contributed by atoms with Crippen LogP contribution in [0.2, 0.25) is 0 Å². The molecule has 28 heavy (non-hydrogen) atoms. The first kappa shape index (κ1) is 21.0. The van der Waals surface area contributed by atoms with Crippen molar-refractivity contribution in [1.29, 1.82) is 0 Å². The lowest BCUT2D eigenvalue weighted by atomic mass is 9.87. The molecule has 0 radical (unpaired) electrons. The number of carbonyl (C=O) groups excluding carboxylic acids is 1. The van der Waals surface area contributed by atoms with Crippen molar-refractivity contribution in [2.24, 2.45) is 5.92 Å². The quantitative estimate of drug-likeness (QED) is 0.724. The van der Waals surface area contributed by atoms with E-state index in [0.29, 0.717) is 29.6 Å². The summed E-state index contributed by atoms with van der Waals surface area (Å²) in [6.45, 7) is 7.78. The van der Waals surface area contributed by atoms with Gasteiger partial charge in [-0.05, 0) is 69.2 Å². The Bertz CT molecular complexity index is 883. The van der Waals surface area contributed by atoms with Crippen molar-refractivity contribution in [1.82, 2.24) is 0 Å². The van der Waals surface area contributed by atoms with Gasteiger partial charge in [-0.3, -0.25) is 9.36 Å². The van der Waals surface area contributed by atoms with Crippen molar-refractivity contribution in [2.45, 2.75) is 59.2 Å². The minimum absolute atomic E-state index is 0.380. The maximum atomic E-state index is 14.1. The molecule has 0 aliphatic heterocycles. The van der Waals surface area contributed by atoms with Crippen LogP contribution in [-0.2, 0) is 9.09 Å². The van der Waals surface area contributed by atoms with Gasteiger partial charge >= 0.3 is 7.37 Å². The van der Waals surface area contributed by atoms with Gasteiger partial charge in [-0.2, -0.15) is 0 Å². The Morgan fingerprint density at radius 2 is 1.68 bits per heavy atom. The molecule has 4 unspecified atom stereocenters. The van der Waals surface area contributed by atoms with E-state index in [4.69, 9.17) is 4.52 Å². The molecule has 1 aliphatic rings. The van der Waals surface area contributed by atoms with Gasteiger partial charge in [-0.25, -0.2) is 0 Å². The predicted molar refractivity (Wildman–Crippen MR) is 113 cm³/mol. The van der Waals surface area contributed by atoms with E-state index < -0.39 is 25.1 Å². The first-order chi connectivity index (χ1) is 13.2. The highest BCUT2D eigenvalue weighted by Crippen LogP contribution is 2.52. The molecule has 1 saturated carbocycles. The molecule has 4 nitrogen and oxygen atoms in total. The van der Waals surface area contributed by atoms with E-state index in [9.17, 15) is 14.5 Å². The van der Waals surface area contributed by atoms with Gasteiger partial charge < -0.3 is 9.63 Å². The van der Waals surface area contributed by atoms with Gasteiger partial charge in [0.2, 0.25) is 0 Å². The van der Waals surface area contributed by atoms with E-state index in [1.165, 1.54) is 0 Å². The van der Waals surface area contributed by atoms with Crippen molar-refractivity contribution in [3.05, 3.63) is 64.7 Å². The number of benzene rings is 2. The Labute approximate surface area is 167 Å². The van der Waals surface area contributed by atoms with Crippen LogP contribution in [0.4, 0.5) is 0 Å². The fourth-order valence-electron chi connectivity index (χ4n) is 4.15. The summed E-state index contributed by atoms with van der Waals surface area (Å²) in [4.78, 5) is 13.6. The SMILES string of the molecule is Cc1cc(C)c(C(=O)P(=O)(OC2CCC(C)CC2O)c2ccccc2)c(C)c1. The van der Waals surface area contributed by atoms with Gasteiger partial charge in [0.05, 0.1) is 12.2 Å². The summed E-state index contributed by atoms with van der Waals surface area (Å²) in [5.41, 5.74) is 2.61. The molecule has 1 N–H and O–H groups in total. The van der Waals surface area contributed by atoms with E-state index in [-0.39, 0.29) is 0 Å². The lowest BCUT2D eigenvalue weighted by molar-refractivity contribution is -0.00545. The maximum absolute atomic E-state index is 14.1. The Balaban J connectivity index is 2.05. The lowest BCUT2D eigenvalue weighted by Gasteiger charge is -2.33. The highest BCUT2D eigenvalue weighted by molar-refractivity contribution is 7.83. The number of hydrogen-bond acceptors (Lipinski definition) is 4. The van der Waals surface area contributed by atoms with Gasteiger partial charge in [0.1, 0.15) is 0 Å². The molecular formula is C23H29O4P. The van der Waals surface area contributed by atoms with Crippen LogP contribution in [-0.4, -0.2) is 22.8 Å². The number of rotatable bonds is 5. The highest BCUT2D eigenvalue weighted by atomic mass is 31.2. The smallest absolute Gasteiger partial charge is 0.301 e. The second kappa shape index (κ2) is 8.32.